The molecule has 0 aromatic heterocycles. The number of hydrogen-bond acceptors (Lipinski definition) is 6. The molecule has 1 aliphatic rings. The van der Waals surface area contributed by atoms with Gasteiger partial charge in [0.15, 0.2) is 11.5 Å². The van der Waals surface area contributed by atoms with Crippen LogP contribution < -0.4 is 20.5 Å². The van der Waals surface area contributed by atoms with Crippen molar-refractivity contribution in [1.29, 1.82) is 0 Å². The molecule has 2 rings (SSSR count). The van der Waals surface area contributed by atoms with Crippen molar-refractivity contribution in [1.82, 2.24) is 5.32 Å². The fraction of sp³-hybridized carbons (Fsp3) is 0.611. The Balaban J connectivity index is 0.00000364. The zero-order valence-corrected chi connectivity index (χ0v) is 16.8. The molecule has 1 fully saturated rings. The van der Waals surface area contributed by atoms with Crippen molar-refractivity contribution in [2.75, 3.05) is 20.8 Å². The van der Waals surface area contributed by atoms with E-state index in [2.05, 4.69) is 5.32 Å². The van der Waals surface area contributed by atoms with E-state index in [1.54, 1.807) is 6.07 Å². The number of amides is 1. The van der Waals surface area contributed by atoms with Gasteiger partial charge in [0.2, 0.25) is 5.91 Å². The monoisotopic (exact) mass is 401 g/mol. The second-order valence-electron chi connectivity index (χ2n) is 6.94. The van der Waals surface area contributed by atoms with Crippen molar-refractivity contribution in [3.8, 4) is 11.5 Å². The van der Waals surface area contributed by atoms with Gasteiger partial charge in [0.05, 0.1) is 31.1 Å². The van der Waals surface area contributed by atoms with Gasteiger partial charge in [-0.05, 0) is 32.3 Å². The largest absolute Gasteiger partial charge is 0.493 e. The lowest BCUT2D eigenvalue weighted by molar-refractivity contribution is -0.385. The van der Waals surface area contributed by atoms with E-state index in [0.717, 1.165) is 25.7 Å². The Morgan fingerprint density at radius 2 is 1.96 bits per heavy atom. The second kappa shape index (κ2) is 9.75. The Morgan fingerprint density at radius 3 is 2.52 bits per heavy atom. The van der Waals surface area contributed by atoms with Gasteiger partial charge < -0.3 is 20.5 Å². The fourth-order valence-corrected chi connectivity index (χ4v) is 3.51. The molecular formula is C18H28ClN3O5. The molecule has 2 unspecified atom stereocenters. The summed E-state index contributed by atoms with van der Waals surface area (Å²) in [7, 11) is 2.90. The maximum absolute atomic E-state index is 12.5. The lowest BCUT2D eigenvalue weighted by Gasteiger charge is -2.37. The summed E-state index contributed by atoms with van der Waals surface area (Å²) in [6.45, 7) is 2.21. The van der Waals surface area contributed by atoms with Crippen molar-refractivity contribution in [2.24, 2.45) is 11.7 Å². The Labute approximate surface area is 165 Å². The van der Waals surface area contributed by atoms with Crippen LogP contribution in [0.1, 0.15) is 38.2 Å². The van der Waals surface area contributed by atoms with E-state index in [9.17, 15) is 14.9 Å². The molecule has 0 saturated heterocycles. The third kappa shape index (κ3) is 5.46. The predicted molar refractivity (Wildman–Crippen MR) is 105 cm³/mol. The van der Waals surface area contributed by atoms with Crippen molar-refractivity contribution in [3.05, 3.63) is 27.8 Å². The normalized spacial score (nSPS) is 21.7. The smallest absolute Gasteiger partial charge is 0.276 e. The molecule has 1 amide bonds. The molecule has 2 atom stereocenters. The number of ether oxygens (including phenoxy) is 2. The number of nitro groups is 1. The summed E-state index contributed by atoms with van der Waals surface area (Å²) in [5, 5.41) is 14.2. The predicted octanol–water partition coefficient (Wildman–Crippen LogP) is 2.60. The molecule has 1 aromatic rings. The van der Waals surface area contributed by atoms with Crippen LogP contribution in [0.5, 0.6) is 11.5 Å². The number of benzene rings is 1. The van der Waals surface area contributed by atoms with Crippen molar-refractivity contribution < 1.29 is 19.2 Å². The lowest BCUT2D eigenvalue weighted by Crippen LogP contribution is -2.53. The SMILES string of the molecule is COc1cc(CCNC(=O)C2CCCCC2(C)N)c([N+](=O)[O-])cc1OC.Cl. The number of nitrogens with two attached hydrogens (primary N) is 1. The fourth-order valence-electron chi connectivity index (χ4n) is 3.51. The van der Waals surface area contributed by atoms with Crippen molar-refractivity contribution in [2.45, 2.75) is 44.6 Å². The number of nitrogens with zero attached hydrogens (tertiary/aromatic N) is 1. The summed E-state index contributed by atoms with van der Waals surface area (Å²) in [6.07, 6.45) is 3.94. The van der Waals surface area contributed by atoms with Crippen LogP contribution in [0.2, 0.25) is 0 Å². The molecule has 8 nitrogen and oxygen atoms in total. The van der Waals surface area contributed by atoms with Gasteiger partial charge in [0.1, 0.15) is 0 Å². The van der Waals surface area contributed by atoms with E-state index < -0.39 is 10.5 Å². The van der Waals surface area contributed by atoms with E-state index in [0.29, 0.717) is 30.0 Å². The molecule has 152 valence electrons. The average molecular weight is 402 g/mol. The van der Waals surface area contributed by atoms with Gasteiger partial charge in [-0.25, -0.2) is 0 Å². The maximum atomic E-state index is 12.5. The average Bonchev–Trinajstić information content (AvgIpc) is 2.60. The minimum absolute atomic E-state index is 0. The highest BCUT2D eigenvalue weighted by Gasteiger charge is 2.37. The zero-order valence-electron chi connectivity index (χ0n) is 15.9. The minimum Gasteiger partial charge on any atom is -0.493 e. The molecule has 0 heterocycles. The Kier molecular flexibility index (Phi) is 8.30. The summed E-state index contributed by atoms with van der Waals surface area (Å²) in [5.74, 6) is 0.406. The summed E-state index contributed by atoms with van der Waals surface area (Å²) in [6, 6.07) is 2.92. The van der Waals surface area contributed by atoms with Gasteiger partial charge >= 0.3 is 0 Å². The standard InChI is InChI=1S/C18H27N3O5.ClH/c1-18(19)8-5-4-6-13(18)17(22)20-9-7-12-10-15(25-2)16(26-3)11-14(12)21(23)24;/h10-11,13H,4-9,19H2,1-3H3,(H,20,22);1H. The number of nitro benzene ring substituents is 1. The zero-order chi connectivity index (χ0) is 19.3. The number of halogens is 1. The highest BCUT2D eigenvalue weighted by Crippen LogP contribution is 2.35. The molecule has 1 aromatic carbocycles. The number of hydrogen-bond donors (Lipinski definition) is 2. The van der Waals surface area contributed by atoms with Crippen LogP contribution in [0.3, 0.4) is 0 Å². The second-order valence-corrected chi connectivity index (χ2v) is 6.94. The van der Waals surface area contributed by atoms with Crippen LogP contribution in [-0.2, 0) is 11.2 Å². The van der Waals surface area contributed by atoms with Gasteiger partial charge in [0.25, 0.3) is 5.69 Å². The molecule has 0 radical (unpaired) electrons. The number of carbonyl (C=O) groups is 1. The molecular weight excluding hydrogens is 374 g/mol. The van der Waals surface area contributed by atoms with E-state index in [-0.39, 0.29) is 29.9 Å². The number of nitrogens with one attached hydrogen (secondary N) is 1. The van der Waals surface area contributed by atoms with Crippen LogP contribution >= 0.6 is 12.4 Å². The van der Waals surface area contributed by atoms with E-state index in [1.807, 2.05) is 6.92 Å². The molecule has 3 N–H and O–H groups in total. The van der Waals surface area contributed by atoms with Gasteiger partial charge in [-0.15, -0.1) is 12.4 Å². The van der Waals surface area contributed by atoms with Crippen LogP contribution in [-0.4, -0.2) is 37.1 Å². The molecule has 27 heavy (non-hydrogen) atoms. The topological polar surface area (TPSA) is 117 Å². The first-order valence-electron chi connectivity index (χ1n) is 8.76. The van der Waals surface area contributed by atoms with Gasteiger partial charge in [-0.3, -0.25) is 14.9 Å². The van der Waals surface area contributed by atoms with Crippen molar-refractivity contribution >= 4 is 24.0 Å². The Hall–Kier alpha value is -2.06. The molecule has 0 spiro atoms. The molecule has 1 saturated carbocycles. The third-order valence-corrected chi connectivity index (χ3v) is 5.05. The first-order valence-corrected chi connectivity index (χ1v) is 8.76. The van der Waals surface area contributed by atoms with Crippen LogP contribution in [0.4, 0.5) is 5.69 Å². The minimum atomic E-state index is -0.502. The quantitative estimate of drug-likeness (QED) is 0.535. The van der Waals surface area contributed by atoms with Gasteiger partial charge in [-0.2, -0.15) is 0 Å². The van der Waals surface area contributed by atoms with Crippen LogP contribution in [0.25, 0.3) is 0 Å². The number of methoxy groups -OCH3 is 2. The lowest BCUT2D eigenvalue weighted by atomic mass is 9.74. The molecule has 9 heteroatoms. The van der Waals surface area contributed by atoms with Crippen LogP contribution in [0, 0.1) is 16.0 Å². The number of rotatable bonds is 7. The Morgan fingerprint density at radius 1 is 1.33 bits per heavy atom. The van der Waals surface area contributed by atoms with E-state index in [1.165, 1.54) is 20.3 Å². The highest BCUT2D eigenvalue weighted by molar-refractivity contribution is 5.85. The van der Waals surface area contributed by atoms with Crippen molar-refractivity contribution in [3.63, 3.8) is 0 Å². The Bertz CT molecular complexity index is 681. The first kappa shape index (κ1) is 23.0. The van der Waals surface area contributed by atoms with E-state index in [4.69, 9.17) is 15.2 Å². The molecule has 1 aliphatic carbocycles. The maximum Gasteiger partial charge on any atom is 0.276 e. The molecule has 0 aliphatic heterocycles. The van der Waals surface area contributed by atoms with E-state index >= 15 is 0 Å². The van der Waals surface area contributed by atoms with Gasteiger partial charge in [0, 0.05) is 17.6 Å². The van der Waals surface area contributed by atoms with Gasteiger partial charge in [-0.1, -0.05) is 12.8 Å². The third-order valence-electron chi connectivity index (χ3n) is 5.05. The van der Waals surface area contributed by atoms with Crippen LogP contribution in [0.15, 0.2) is 12.1 Å². The molecule has 0 bridgehead atoms. The summed E-state index contributed by atoms with van der Waals surface area (Å²) < 4.78 is 10.3. The summed E-state index contributed by atoms with van der Waals surface area (Å²) in [5.41, 5.74) is 6.18. The first-order chi connectivity index (χ1) is 12.3. The number of carbonyl (C=O) groups excluding carboxylic acids is 1. The summed E-state index contributed by atoms with van der Waals surface area (Å²) in [4.78, 5) is 23.3. The summed E-state index contributed by atoms with van der Waals surface area (Å²) >= 11 is 0. The highest BCUT2D eigenvalue weighted by atomic mass is 35.5.